The van der Waals surface area contributed by atoms with Crippen molar-refractivity contribution < 1.29 is 13.2 Å². The van der Waals surface area contributed by atoms with Crippen molar-refractivity contribution in [3.8, 4) is 11.3 Å². The minimum atomic E-state index is -3.74. The number of amides is 1. The van der Waals surface area contributed by atoms with E-state index in [2.05, 4.69) is 21.0 Å². The zero-order valence-electron chi connectivity index (χ0n) is 18.6. The van der Waals surface area contributed by atoms with Crippen LogP contribution in [-0.4, -0.2) is 49.6 Å². The highest BCUT2D eigenvalue weighted by Gasteiger charge is 2.18. The number of nitrogens with zero attached hydrogens (tertiary/aromatic N) is 2. The molecule has 2 N–H and O–H groups in total. The van der Waals surface area contributed by atoms with Crippen molar-refractivity contribution in [3.05, 3.63) is 71.4 Å². The topological polar surface area (TPSA) is 95.2 Å². The van der Waals surface area contributed by atoms with Crippen LogP contribution in [0.1, 0.15) is 31.4 Å². The molecule has 0 aliphatic rings. The number of hydrogen-bond acceptors (Lipinski definition) is 4. The van der Waals surface area contributed by atoms with Gasteiger partial charge in [0, 0.05) is 37.8 Å². The van der Waals surface area contributed by atoms with Crippen LogP contribution in [0.2, 0.25) is 5.02 Å². The Kier molecular flexibility index (Phi) is 9.05. The van der Waals surface area contributed by atoms with Gasteiger partial charge in [-0.1, -0.05) is 60.5 Å². The monoisotopic (exact) mass is 488 g/mol. The van der Waals surface area contributed by atoms with Crippen LogP contribution in [0, 0.1) is 0 Å². The number of rotatable bonds is 12. The lowest BCUT2D eigenvalue weighted by molar-refractivity contribution is -0.129. The Bertz CT molecular complexity index is 1150. The van der Waals surface area contributed by atoms with Crippen molar-refractivity contribution >= 4 is 27.5 Å². The molecule has 3 rings (SSSR count). The third-order valence-corrected chi connectivity index (χ3v) is 7.28. The van der Waals surface area contributed by atoms with E-state index in [-0.39, 0.29) is 28.8 Å². The Hall–Kier alpha value is -2.68. The van der Waals surface area contributed by atoms with Crippen LogP contribution in [0.5, 0.6) is 0 Å². The molecule has 0 unspecified atom stereocenters. The Morgan fingerprint density at radius 3 is 2.55 bits per heavy atom. The second-order valence-electron chi connectivity index (χ2n) is 7.85. The van der Waals surface area contributed by atoms with Gasteiger partial charge in [-0.2, -0.15) is 5.10 Å². The van der Waals surface area contributed by atoms with Crippen molar-refractivity contribution in [1.29, 1.82) is 0 Å². The molecular formula is C24H29ClN4O3S. The lowest BCUT2D eigenvalue weighted by Gasteiger charge is -2.17. The summed E-state index contributed by atoms with van der Waals surface area (Å²) >= 11 is 5.95. The number of aryl methyl sites for hydroxylation is 1. The predicted molar refractivity (Wildman–Crippen MR) is 130 cm³/mol. The summed E-state index contributed by atoms with van der Waals surface area (Å²) in [4.78, 5) is 14.0. The molecule has 176 valence electrons. The molecule has 33 heavy (non-hydrogen) atoms. The normalized spacial score (nSPS) is 11.5. The Morgan fingerprint density at radius 2 is 1.79 bits per heavy atom. The van der Waals surface area contributed by atoms with E-state index in [4.69, 9.17) is 11.6 Å². The molecule has 1 amide bonds. The van der Waals surface area contributed by atoms with Crippen LogP contribution in [0.25, 0.3) is 11.3 Å². The van der Waals surface area contributed by atoms with Crippen LogP contribution in [0.15, 0.2) is 65.6 Å². The molecule has 0 atom stereocenters. The van der Waals surface area contributed by atoms with Gasteiger partial charge in [-0.3, -0.25) is 9.89 Å². The number of aromatic nitrogens is 2. The van der Waals surface area contributed by atoms with Gasteiger partial charge in [0.15, 0.2) is 0 Å². The van der Waals surface area contributed by atoms with Crippen molar-refractivity contribution in [3.63, 3.8) is 0 Å². The summed E-state index contributed by atoms with van der Waals surface area (Å²) in [6.07, 6.45) is 3.86. The summed E-state index contributed by atoms with van der Waals surface area (Å²) in [5, 5.41) is 7.62. The van der Waals surface area contributed by atoms with Crippen molar-refractivity contribution in [1.82, 2.24) is 19.8 Å². The molecule has 1 aromatic heterocycles. The number of nitrogens with one attached hydrogen (secondary N) is 2. The van der Waals surface area contributed by atoms with Crippen molar-refractivity contribution in [2.24, 2.45) is 0 Å². The maximum atomic E-state index is 12.3. The second-order valence-corrected chi connectivity index (χ2v) is 9.99. The third-order valence-electron chi connectivity index (χ3n) is 5.32. The molecule has 0 aliphatic carbocycles. The first-order valence-corrected chi connectivity index (χ1v) is 12.8. The zero-order chi connectivity index (χ0) is 23.7. The first-order chi connectivity index (χ1) is 15.9. The van der Waals surface area contributed by atoms with Gasteiger partial charge in [-0.15, -0.1) is 0 Å². The number of unbranched alkanes of at least 4 members (excludes halogenated alkanes) is 2. The number of carbonyl (C=O) groups excluding carboxylic acids is 1. The fourth-order valence-electron chi connectivity index (χ4n) is 3.44. The Morgan fingerprint density at radius 1 is 1.06 bits per heavy atom. The molecule has 0 aliphatic heterocycles. The molecule has 0 saturated heterocycles. The summed E-state index contributed by atoms with van der Waals surface area (Å²) in [6, 6.07) is 18.3. The summed E-state index contributed by atoms with van der Waals surface area (Å²) in [6.45, 7) is 0.661. The molecule has 7 nitrogen and oxygen atoms in total. The highest BCUT2D eigenvalue weighted by molar-refractivity contribution is 7.89. The smallest absolute Gasteiger partial charge is 0.242 e. The number of hydrogen-bond donors (Lipinski definition) is 2. The number of sulfonamides is 1. The molecule has 2 aromatic carbocycles. The molecule has 0 radical (unpaired) electrons. The molecule has 0 spiro atoms. The lowest BCUT2D eigenvalue weighted by Crippen LogP contribution is -2.32. The molecule has 1 heterocycles. The fraction of sp³-hybridized carbons (Fsp3) is 0.333. The molecule has 0 bridgehead atoms. The molecule has 3 aromatic rings. The minimum absolute atomic E-state index is 0.0145. The van der Waals surface area contributed by atoms with Gasteiger partial charge in [0.2, 0.25) is 15.9 Å². The highest BCUT2D eigenvalue weighted by Crippen LogP contribution is 2.20. The van der Waals surface area contributed by atoms with E-state index in [9.17, 15) is 13.2 Å². The van der Waals surface area contributed by atoms with Gasteiger partial charge in [0.05, 0.1) is 10.7 Å². The van der Waals surface area contributed by atoms with Crippen LogP contribution < -0.4 is 4.72 Å². The van der Waals surface area contributed by atoms with Crippen LogP contribution in [0.4, 0.5) is 0 Å². The van der Waals surface area contributed by atoms with Gasteiger partial charge in [-0.05, 0) is 37.5 Å². The largest absolute Gasteiger partial charge is 0.346 e. The minimum Gasteiger partial charge on any atom is -0.346 e. The van der Waals surface area contributed by atoms with Crippen LogP contribution in [-0.2, 0) is 21.2 Å². The van der Waals surface area contributed by atoms with E-state index in [0.29, 0.717) is 6.54 Å². The number of H-pyrrole nitrogens is 1. The van der Waals surface area contributed by atoms with Gasteiger partial charge < -0.3 is 4.90 Å². The van der Waals surface area contributed by atoms with Crippen molar-refractivity contribution in [2.45, 2.75) is 37.0 Å². The van der Waals surface area contributed by atoms with Gasteiger partial charge in [0.25, 0.3) is 0 Å². The van der Waals surface area contributed by atoms with Gasteiger partial charge >= 0.3 is 0 Å². The van der Waals surface area contributed by atoms with E-state index in [1.54, 1.807) is 24.1 Å². The quantitative estimate of drug-likeness (QED) is 0.372. The van der Waals surface area contributed by atoms with E-state index < -0.39 is 10.0 Å². The first kappa shape index (κ1) is 25.0. The lowest BCUT2D eigenvalue weighted by atomic mass is 10.1. The van der Waals surface area contributed by atoms with Crippen LogP contribution >= 0.6 is 11.6 Å². The van der Waals surface area contributed by atoms with E-state index >= 15 is 0 Å². The molecule has 0 fully saturated rings. The Balaban J connectivity index is 1.32. The zero-order valence-corrected chi connectivity index (χ0v) is 20.2. The first-order valence-electron chi connectivity index (χ1n) is 10.9. The number of benzene rings is 2. The maximum absolute atomic E-state index is 12.3. The van der Waals surface area contributed by atoms with Gasteiger partial charge in [-0.25, -0.2) is 13.1 Å². The SMILES string of the molecule is CN(CCCCCc1cc(-c2ccccc2)n[nH]1)C(=O)CCNS(=O)(=O)c1ccccc1Cl. The molecule has 0 saturated carbocycles. The fourth-order valence-corrected chi connectivity index (χ4v) is 4.99. The number of halogens is 1. The van der Waals surface area contributed by atoms with E-state index in [1.165, 1.54) is 12.1 Å². The van der Waals surface area contributed by atoms with E-state index in [1.807, 2.05) is 30.3 Å². The summed E-state index contributed by atoms with van der Waals surface area (Å²) in [7, 11) is -2.00. The molecule has 9 heteroatoms. The average Bonchev–Trinajstić information content (AvgIpc) is 3.28. The third kappa shape index (κ3) is 7.42. The van der Waals surface area contributed by atoms with Crippen molar-refractivity contribution in [2.75, 3.05) is 20.1 Å². The van der Waals surface area contributed by atoms with E-state index in [0.717, 1.165) is 42.6 Å². The van der Waals surface area contributed by atoms with Gasteiger partial charge in [0.1, 0.15) is 4.90 Å². The predicted octanol–water partition coefficient (Wildman–Crippen LogP) is 4.27. The summed E-state index contributed by atoms with van der Waals surface area (Å²) in [5.74, 6) is -0.0991. The van der Waals surface area contributed by atoms with Crippen LogP contribution in [0.3, 0.4) is 0 Å². The second kappa shape index (κ2) is 12.0. The summed E-state index contributed by atoms with van der Waals surface area (Å²) < 4.78 is 27.1. The number of carbonyl (C=O) groups is 1. The Labute approximate surface area is 200 Å². The molecular weight excluding hydrogens is 460 g/mol. The number of aromatic amines is 1. The average molecular weight is 489 g/mol. The highest BCUT2D eigenvalue weighted by atomic mass is 35.5. The maximum Gasteiger partial charge on any atom is 0.242 e. The standard InChI is InChI=1S/C24H29ClN4O3S/c1-29(24(30)15-16-26-33(31,32)23-14-8-7-13-21(23)25)17-9-3-6-12-20-18-22(28-27-20)19-10-4-2-5-11-19/h2,4-5,7-8,10-11,13-14,18,26H,3,6,9,12,15-17H2,1H3,(H,27,28). The summed E-state index contributed by atoms with van der Waals surface area (Å²) in [5.41, 5.74) is 3.14.